The quantitative estimate of drug-likeness (QED) is 0.800. The van der Waals surface area contributed by atoms with Crippen LogP contribution in [0, 0.1) is 5.92 Å². The van der Waals surface area contributed by atoms with Gasteiger partial charge in [-0.3, -0.25) is 9.59 Å². The maximum atomic E-state index is 11.5. The van der Waals surface area contributed by atoms with Gasteiger partial charge in [0.15, 0.2) is 11.0 Å². The van der Waals surface area contributed by atoms with E-state index in [1.54, 1.807) is 0 Å². The predicted molar refractivity (Wildman–Crippen MR) is 66.7 cm³/mol. The van der Waals surface area contributed by atoms with Crippen molar-refractivity contribution in [3.8, 4) is 0 Å². The molecule has 6 heteroatoms. The molecule has 0 spiro atoms. The van der Waals surface area contributed by atoms with E-state index in [9.17, 15) is 9.59 Å². The summed E-state index contributed by atoms with van der Waals surface area (Å²) in [7, 11) is 0. The van der Waals surface area contributed by atoms with Gasteiger partial charge >= 0.3 is 5.97 Å². The molecule has 1 amide bonds. The molecule has 100 valence electrons. The Balaban J connectivity index is 2.21. The van der Waals surface area contributed by atoms with Crippen molar-refractivity contribution in [1.29, 1.82) is 0 Å². The average molecular weight is 274 g/mol. The molecule has 1 aromatic rings. The van der Waals surface area contributed by atoms with Crippen LogP contribution >= 0.6 is 11.6 Å². The van der Waals surface area contributed by atoms with Gasteiger partial charge in [-0.05, 0) is 42.5 Å². The molecule has 2 N–H and O–H groups in total. The second-order valence-electron chi connectivity index (χ2n) is 4.19. The van der Waals surface area contributed by atoms with Crippen LogP contribution in [-0.2, 0) is 4.79 Å². The number of hydrogen-bond acceptors (Lipinski definition) is 3. The van der Waals surface area contributed by atoms with Crippen LogP contribution in [0.25, 0.3) is 0 Å². The fourth-order valence-corrected chi connectivity index (χ4v) is 1.62. The maximum Gasteiger partial charge on any atom is 0.303 e. The summed E-state index contributed by atoms with van der Waals surface area (Å²) in [5.41, 5.74) is 0. The Hall–Kier alpha value is -1.49. The number of furan rings is 1. The van der Waals surface area contributed by atoms with Gasteiger partial charge in [0.05, 0.1) is 0 Å². The van der Waals surface area contributed by atoms with Crippen LogP contribution in [0.1, 0.15) is 36.7 Å². The van der Waals surface area contributed by atoms with Crippen molar-refractivity contribution in [2.75, 3.05) is 6.54 Å². The molecular weight excluding hydrogens is 258 g/mol. The summed E-state index contributed by atoms with van der Waals surface area (Å²) in [6, 6.07) is 3.01. The maximum absolute atomic E-state index is 11.5. The summed E-state index contributed by atoms with van der Waals surface area (Å²) in [6.07, 6.45) is 1.49. The molecule has 5 nitrogen and oxygen atoms in total. The molecule has 0 fully saturated rings. The lowest BCUT2D eigenvalue weighted by Gasteiger charge is -2.09. The van der Waals surface area contributed by atoms with Gasteiger partial charge in [-0.2, -0.15) is 0 Å². The van der Waals surface area contributed by atoms with Gasteiger partial charge < -0.3 is 14.8 Å². The van der Waals surface area contributed by atoms with Gasteiger partial charge in [-0.25, -0.2) is 0 Å². The molecule has 0 aliphatic rings. The summed E-state index contributed by atoms with van der Waals surface area (Å²) in [5.74, 6) is -0.678. The number of nitrogens with one attached hydrogen (secondary N) is 1. The van der Waals surface area contributed by atoms with E-state index in [-0.39, 0.29) is 29.2 Å². The van der Waals surface area contributed by atoms with E-state index in [0.29, 0.717) is 13.0 Å². The highest BCUT2D eigenvalue weighted by molar-refractivity contribution is 6.29. The van der Waals surface area contributed by atoms with E-state index in [0.717, 1.165) is 6.42 Å². The molecule has 0 aromatic carbocycles. The number of carboxylic acid groups (broad SMARTS) is 1. The standard InChI is InChI=1S/C12H16ClNO4/c1-8(2-5-11(15)16)6-7-14-12(17)9-3-4-10(13)18-9/h3-4,8H,2,5-7H2,1H3,(H,14,17)(H,15,16). The molecule has 18 heavy (non-hydrogen) atoms. The number of amides is 1. The highest BCUT2D eigenvalue weighted by atomic mass is 35.5. The summed E-state index contributed by atoms with van der Waals surface area (Å²) in [5, 5.41) is 11.4. The first-order valence-electron chi connectivity index (χ1n) is 5.74. The second kappa shape index (κ2) is 7.06. The van der Waals surface area contributed by atoms with Crippen LogP contribution in [0.15, 0.2) is 16.5 Å². The van der Waals surface area contributed by atoms with Crippen molar-refractivity contribution >= 4 is 23.5 Å². The Kier molecular flexibility index (Phi) is 5.71. The van der Waals surface area contributed by atoms with Gasteiger partial charge in [0, 0.05) is 13.0 Å². The Morgan fingerprint density at radius 3 is 2.72 bits per heavy atom. The molecule has 0 saturated carbocycles. The van der Waals surface area contributed by atoms with Crippen molar-refractivity contribution in [3.63, 3.8) is 0 Å². The third-order valence-corrected chi connectivity index (χ3v) is 2.77. The minimum Gasteiger partial charge on any atom is -0.481 e. The van der Waals surface area contributed by atoms with Crippen LogP contribution in [0.2, 0.25) is 5.22 Å². The fraction of sp³-hybridized carbons (Fsp3) is 0.500. The van der Waals surface area contributed by atoms with Crippen molar-refractivity contribution < 1.29 is 19.1 Å². The zero-order chi connectivity index (χ0) is 13.5. The summed E-state index contributed by atoms with van der Waals surface area (Å²) >= 11 is 5.56. The zero-order valence-corrected chi connectivity index (χ0v) is 10.9. The molecule has 1 atom stereocenters. The van der Waals surface area contributed by atoms with Crippen LogP contribution in [0.3, 0.4) is 0 Å². The second-order valence-corrected chi connectivity index (χ2v) is 4.56. The average Bonchev–Trinajstić information content (AvgIpc) is 2.73. The van der Waals surface area contributed by atoms with E-state index < -0.39 is 5.97 Å². The molecule has 0 radical (unpaired) electrons. The molecular formula is C12H16ClNO4. The van der Waals surface area contributed by atoms with Gasteiger partial charge in [0.1, 0.15) is 0 Å². The first kappa shape index (κ1) is 14.6. The van der Waals surface area contributed by atoms with Crippen molar-refractivity contribution in [1.82, 2.24) is 5.32 Å². The Morgan fingerprint density at radius 1 is 1.44 bits per heavy atom. The van der Waals surface area contributed by atoms with Gasteiger partial charge in [0.25, 0.3) is 5.91 Å². The van der Waals surface area contributed by atoms with E-state index in [1.807, 2.05) is 6.92 Å². The van der Waals surface area contributed by atoms with Crippen LogP contribution in [-0.4, -0.2) is 23.5 Å². The van der Waals surface area contributed by atoms with Gasteiger partial charge in [0.2, 0.25) is 0 Å². The topological polar surface area (TPSA) is 79.5 Å². The fourth-order valence-electron chi connectivity index (χ4n) is 1.47. The van der Waals surface area contributed by atoms with Crippen LogP contribution in [0.5, 0.6) is 0 Å². The zero-order valence-electron chi connectivity index (χ0n) is 10.1. The highest BCUT2D eigenvalue weighted by Crippen LogP contribution is 2.13. The normalized spacial score (nSPS) is 12.1. The van der Waals surface area contributed by atoms with Gasteiger partial charge in [-0.15, -0.1) is 0 Å². The monoisotopic (exact) mass is 273 g/mol. The molecule has 0 aliphatic heterocycles. The largest absolute Gasteiger partial charge is 0.481 e. The molecule has 0 bridgehead atoms. The molecule has 0 aliphatic carbocycles. The summed E-state index contributed by atoms with van der Waals surface area (Å²) in [4.78, 5) is 21.9. The SMILES string of the molecule is CC(CCNC(=O)c1ccc(Cl)o1)CCC(=O)O. The lowest BCUT2D eigenvalue weighted by Crippen LogP contribution is -2.25. The van der Waals surface area contributed by atoms with Crippen molar-refractivity contribution in [3.05, 3.63) is 23.1 Å². The third-order valence-electron chi connectivity index (χ3n) is 2.57. The number of halogens is 1. The highest BCUT2D eigenvalue weighted by Gasteiger charge is 2.11. The predicted octanol–water partition coefficient (Wildman–Crippen LogP) is 2.55. The summed E-state index contributed by atoms with van der Waals surface area (Å²) in [6.45, 7) is 2.44. The van der Waals surface area contributed by atoms with Gasteiger partial charge in [-0.1, -0.05) is 6.92 Å². The minimum absolute atomic E-state index is 0.156. The Labute approximate surface area is 110 Å². The number of aliphatic carboxylic acids is 1. The van der Waals surface area contributed by atoms with E-state index in [2.05, 4.69) is 5.32 Å². The Morgan fingerprint density at radius 2 is 2.17 bits per heavy atom. The molecule has 1 unspecified atom stereocenters. The van der Waals surface area contributed by atoms with Crippen LogP contribution in [0.4, 0.5) is 0 Å². The number of rotatable bonds is 7. The number of carbonyl (C=O) groups excluding carboxylic acids is 1. The van der Waals surface area contributed by atoms with Crippen LogP contribution < -0.4 is 5.32 Å². The first-order valence-corrected chi connectivity index (χ1v) is 6.12. The smallest absolute Gasteiger partial charge is 0.303 e. The third kappa shape index (κ3) is 5.23. The van der Waals surface area contributed by atoms with E-state index in [1.165, 1.54) is 12.1 Å². The van der Waals surface area contributed by atoms with Crippen molar-refractivity contribution in [2.24, 2.45) is 5.92 Å². The molecule has 1 rings (SSSR count). The molecule has 0 saturated heterocycles. The molecule has 1 aromatic heterocycles. The number of hydrogen-bond donors (Lipinski definition) is 2. The van der Waals surface area contributed by atoms with E-state index >= 15 is 0 Å². The van der Waals surface area contributed by atoms with Crippen molar-refractivity contribution in [2.45, 2.75) is 26.2 Å². The lowest BCUT2D eigenvalue weighted by atomic mass is 10.0. The lowest BCUT2D eigenvalue weighted by molar-refractivity contribution is -0.137. The van der Waals surface area contributed by atoms with E-state index in [4.69, 9.17) is 21.1 Å². The minimum atomic E-state index is -0.795. The Bertz CT molecular complexity index is 416. The summed E-state index contributed by atoms with van der Waals surface area (Å²) < 4.78 is 4.96. The first-order chi connectivity index (χ1) is 8.49. The number of carboxylic acids is 1. The number of carbonyl (C=O) groups is 2. The molecule has 1 heterocycles.